The molecule has 2 fully saturated rings. The van der Waals surface area contributed by atoms with Crippen molar-refractivity contribution in [2.75, 3.05) is 62.9 Å². The summed E-state index contributed by atoms with van der Waals surface area (Å²) >= 11 is 8.41. The molecule has 0 unspecified atom stereocenters. The summed E-state index contributed by atoms with van der Waals surface area (Å²) in [5, 5.41) is 1.54. The largest absolute Gasteiger partial charge is 0.462 e. The minimum absolute atomic E-state index is 0.0283. The van der Waals surface area contributed by atoms with Gasteiger partial charge in [0.2, 0.25) is 0 Å². The highest BCUT2D eigenvalue weighted by atomic mass is 35.5. The van der Waals surface area contributed by atoms with Gasteiger partial charge in [-0.3, -0.25) is 4.79 Å². The van der Waals surface area contributed by atoms with Crippen molar-refractivity contribution in [3.8, 4) is 16.9 Å². The maximum atomic E-state index is 13.1. The number of aromatic nitrogens is 2. The molecule has 2 saturated heterocycles. The number of anilines is 2. The highest BCUT2D eigenvalue weighted by Gasteiger charge is 2.25. The van der Waals surface area contributed by atoms with Crippen molar-refractivity contribution in [3.63, 3.8) is 0 Å². The van der Waals surface area contributed by atoms with Gasteiger partial charge in [-0.05, 0) is 43.7 Å². The number of pyridine rings is 1. The van der Waals surface area contributed by atoms with Crippen LogP contribution >= 0.6 is 22.9 Å². The molecule has 2 aromatic heterocycles. The number of hydrogen-bond donors (Lipinski definition) is 0. The number of carbonyl (C=O) groups excluding carboxylic acids is 1. The Labute approximate surface area is 246 Å². The normalized spacial score (nSPS) is 17.4. The lowest BCUT2D eigenvalue weighted by molar-refractivity contribution is 0.0524. The van der Waals surface area contributed by atoms with Crippen LogP contribution in [0.3, 0.4) is 0 Å². The third-order valence-electron chi connectivity index (χ3n) is 7.53. The molecule has 2 aromatic carbocycles. The van der Waals surface area contributed by atoms with Gasteiger partial charge < -0.3 is 28.6 Å². The molecule has 1 atom stereocenters. The number of thiazole rings is 1. The van der Waals surface area contributed by atoms with Crippen LogP contribution < -0.4 is 15.2 Å². The van der Waals surface area contributed by atoms with E-state index in [2.05, 4.69) is 9.80 Å². The van der Waals surface area contributed by atoms with Crippen molar-refractivity contribution in [3.05, 3.63) is 69.5 Å². The summed E-state index contributed by atoms with van der Waals surface area (Å²) < 4.78 is 19.0. The number of hydrogen-bond acceptors (Lipinski definition) is 9. The predicted octanol–water partition coefficient (Wildman–Crippen LogP) is 5.01. The van der Waals surface area contributed by atoms with E-state index < -0.39 is 11.4 Å². The zero-order valence-corrected chi connectivity index (χ0v) is 24.5. The first-order valence-corrected chi connectivity index (χ1v) is 14.9. The average molecular weight is 595 g/mol. The first kappa shape index (κ1) is 27.7. The first-order chi connectivity index (χ1) is 19.9. The lowest BCUT2D eigenvalue weighted by Crippen LogP contribution is -2.36. The Bertz CT molecular complexity index is 1650. The van der Waals surface area contributed by atoms with E-state index in [1.165, 1.54) is 6.07 Å². The Morgan fingerprint density at radius 3 is 2.68 bits per heavy atom. The number of methoxy groups -OCH3 is 1. The smallest absolute Gasteiger partial charge is 0.343 e. The maximum Gasteiger partial charge on any atom is 0.343 e. The van der Waals surface area contributed by atoms with Gasteiger partial charge in [0.25, 0.3) is 0 Å². The Morgan fingerprint density at radius 2 is 1.95 bits per heavy atom. The molecule has 4 aromatic rings. The molecule has 214 valence electrons. The number of halogens is 1. The number of morpholine rings is 1. The summed E-state index contributed by atoms with van der Waals surface area (Å²) in [5.74, 6) is -0.651. The average Bonchev–Trinajstić information content (AvgIpc) is 3.64. The number of carbonyl (C=O) groups is 1. The first-order valence-electron chi connectivity index (χ1n) is 13.7. The van der Waals surface area contributed by atoms with Gasteiger partial charge in [-0.25, -0.2) is 9.78 Å². The lowest BCUT2D eigenvalue weighted by atomic mass is 10.1. The predicted molar refractivity (Wildman–Crippen MR) is 162 cm³/mol. The van der Waals surface area contributed by atoms with Crippen LogP contribution in [0.1, 0.15) is 23.7 Å². The van der Waals surface area contributed by atoms with Crippen LogP contribution in [0.2, 0.25) is 5.02 Å². The van der Waals surface area contributed by atoms with Crippen LogP contribution in [0.4, 0.5) is 10.8 Å². The zero-order chi connectivity index (χ0) is 28.5. The highest BCUT2D eigenvalue weighted by Crippen LogP contribution is 2.35. The zero-order valence-electron chi connectivity index (χ0n) is 23.0. The van der Waals surface area contributed by atoms with Crippen molar-refractivity contribution >= 4 is 49.9 Å². The Kier molecular flexibility index (Phi) is 7.99. The van der Waals surface area contributed by atoms with Crippen molar-refractivity contribution in [2.45, 2.75) is 19.4 Å². The SMILES string of the molecule is CCOC(=O)c1cn(-c2ccc3nc(N4CCOCC4)sc3c2)c(-c2ccc(N3CC[C@@H](OC)C3)c(Cl)c2)cc1=O. The van der Waals surface area contributed by atoms with Crippen LogP contribution in [-0.2, 0) is 14.2 Å². The minimum atomic E-state index is -0.651. The van der Waals surface area contributed by atoms with Crippen molar-refractivity contribution in [1.82, 2.24) is 9.55 Å². The molecule has 41 heavy (non-hydrogen) atoms. The van der Waals surface area contributed by atoms with Crippen molar-refractivity contribution in [1.29, 1.82) is 0 Å². The Balaban J connectivity index is 1.43. The molecule has 0 N–H and O–H groups in total. The molecule has 0 amide bonds. The van der Waals surface area contributed by atoms with E-state index in [9.17, 15) is 9.59 Å². The molecular formula is C30H31ClN4O5S. The third kappa shape index (κ3) is 5.57. The summed E-state index contributed by atoms with van der Waals surface area (Å²) in [6.07, 6.45) is 2.68. The van der Waals surface area contributed by atoms with Crippen molar-refractivity contribution in [2.24, 2.45) is 0 Å². The monoisotopic (exact) mass is 594 g/mol. The van der Waals surface area contributed by atoms with E-state index in [1.54, 1.807) is 31.6 Å². The number of benzene rings is 2. The van der Waals surface area contributed by atoms with Gasteiger partial charge in [0.05, 0.1) is 52.5 Å². The molecule has 9 nitrogen and oxygen atoms in total. The molecule has 0 bridgehead atoms. The molecule has 11 heteroatoms. The molecule has 0 spiro atoms. The minimum Gasteiger partial charge on any atom is -0.462 e. The van der Waals surface area contributed by atoms with Gasteiger partial charge in [0, 0.05) is 56.8 Å². The molecule has 6 rings (SSSR count). The topological polar surface area (TPSA) is 86.1 Å². The molecule has 0 saturated carbocycles. The second-order valence-electron chi connectivity index (χ2n) is 10.0. The lowest BCUT2D eigenvalue weighted by Gasteiger charge is -2.25. The number of nitrogens with zero attached hydrogens (tertiary/aromatic N) is 4. The van der Waals surface area contributed by atoms with Crippen molar-refractivity contribution < 1.29 is 19.0 Å². The number of fused-ring (bicyclic) bond motifs is 1. The molecule has 2 aliphatic heterocycles. The fourth-order valence-electron chi connectivity index (χ4n) is 5.33. The summed E-state index contributed by atoms with van der Waals surface area (Å²) in [6, 6.07) is 13.2. The van der Waals surface area contributed by atoms with Crippen LogP contribution in [0.25, 0.3) is 27.2 Å². The second-order valence-corrected chi connectivity index (χ2v) is 11.4. The van der Waals surface area contributed by atoms with Gasteiger partial charge in [0.1, 0.15) is 5.56 Å². The molecule has 0 radical (unpaired) electrons. The quantitative estimate of drug-likeness (QED) is 0.276. The third-order valence-corrected chi connectivity index (χ3v) is 8.91. The van der Waals surface area contributed by atoms with Gasteiger partial charge in [-0.2, -0.15) is 0 Å². The van der Waals surface area contributed by atoms with Crippen LogP contribution in [0, 0.1) is 0 Å². The standard InChI is InChI=1S/C30H31ClN4O5S/c1-3-40-29(37)22-18-35(20-5-6-24-28(15-20)41-30(32-24)33-10-12-39-13-11-33)26(16-27(22)36)19-4-7-25(23(31)14-19)34-9-8-21(17-34)38-2/h4-7,14-16,18,21H,3,8-13,17H2,1-2H3/t21-/m1/s1. The van der Waals surface area contributed by atoms with Crippen LogP contribution in [0.5, 0.6) is 0 Å². The van der Waals surface area contributed by atoms with Gasteiger partial charge in [-0.1, -0.05) is 29.0 Å². The van der Waals surface area contributed by atoms with Crippen LogP contribution in [-0.4, -0.2) is 74.7 Å². The summed E-state index contributed by atoms with van der Waals surface area (Å²) in [5.41, 5.74) is 3.54. The van der Waals surface area contributed by atoms with E-state index in [-0.39, 0.29) is 18.3 Å². The molecular weight excluding hydrogens is 564 g/mol. The molecule has 2 aliphatic rings. The number of esters is 1. The maximum absolute atomic E-state index is 13.1. The molecule has 0 aliphatic carbocycles. The van der Waals surface area contributed by atoms with Gasteiger partial charge in [0.15, 0.2) is 10.6 Å². The van der Waals surface area contributed by atoms with Gasteiger partial charge in [-0.15, -0.1) is 0 Å². The Morgan fingerprint density at radius 1 is 1.12 bits per heavy atom. The summed E-state index contributed by atoms with van der Waals surface area (Å²) in [4.78, 5) is 35.1. The fraction of sp³-hybridized carbons (Fsp3) is 0.367. The second kappa shape index (κ2) is 11.8. The Hall–Kier alpha value is -3.44. The van der Waals surface area contributed by atoms with E-state index in [0.717, 1.165) is 64.9 Å². The van der Waals surface area contributed by atoms with E-state index in [0.29, 0.717) is 23.9 Å². The van der Waals surface area contributed by atoms with Crippen LogP contribution in [0.15, 0.2) is 53.5 Å². The van der Waals surface area contributed by atoms with E-state index in [4.69, 9.17) is 30.8 Å². The fourth-order valence-corrected chi connectivity index (χ4v) is 6.69. The molecule has 4 heterocycles. The van der Waals surface area contributed by atoms with Gasteiger partial charge >= 0.3 is 5.97 Å². The highest BCUT2D eigenvalue weighted by molar-refractivity contribution is 7.22. The number of rotatable bonds is 7. The summed E-state index contributed by atoms with van der Waals surface area (Å²) in [7, 11) is 1.73. The summed E-state index contributed by atoms with van der Waals surface area (Å²) in [6.45, 7) is 6.50. The van der Waals surface area contributed by atoms with E-state index >= 15 is 0 Å². The van der Waals surface area contributed by atoms with E-state index in [1.807, 2.05) is 41.0 Å². The number of ether oxygens (including phenoxy) is 3.